The highest BCUT2D eigenvalue weighted by atomic mass is 16.5. The van der Waals surface area contributed by atoms with E-state index >= 15 is 0 Å². The van der Waals surface area contributed by atoms with Gasteiger partial charge in [0.2, 0.25) is 5.88 Å². The van der Waals surface area contributed by atoms with Crippen LogP contribution >= 0.6 is 0 Å². The van der Waals surface area contributed by atoms with Crippen molar-refractivity contribution < 1.29 is 19.1 Å². The minimum Gasteiger partial charge on any atom is -0.481 e. The first-order chi connectivity index (χ1) is 14.1. The second kappa shape index (κ2) is 9.50. The van der Waals surface area contributed by atoms with E-state index in [1.165, 1.54) is 14.2 Å². The predicted molar refractivity (Wildman–Crippen MR) is 110 cm³/mol. The molecule has 1 atom stereocenters. The average molecular weight is 390 g/mol. The van der Waals surface area contributed by atoms with Crippen LogP contribution < -0.4 is 10.1 Å². The van der Waals surface area contributed by atoms with Gasteiger partial charge in [-0.1, -0.05) is 48.5 Å². The Hall–Kier alpha value is -3.67. The van der Waals surface area contributed by atoms with Crippen LogP contribution in [0.5, 0.6) is 5.88 Å². The molecule has 1 aromatic heterocycles. The zero-order chi connectivity index (χ0) is 20.6. The summed E-state index contributed by atoms with van der Waals surface area (Å²) in [6.45, 7) is 0. The second-order valence-corrected chi connectivity index (χ2v) is 6.41. The molecule has 0 saturated carbocycles. The van der Waals surface area contributed by atoms with Crippen LogP contribution in [0.25, 0.3) is 11.1 Å². The molecule has 2 aromatic carbocycles. The molecule has 3 aromatic rings. The topological polar surface area (TPSA) is 77.5 Å². The quantitative estimate of drug-likeness (QED) is 0.627. The van der Waals surface area contributed by atoms with Crippen molar-refractivity contribution in [3.8, 4) is 17.0 Å². The molecule has 0 aliphatic heterocycles. The van der Waals surface area contributed by atoms with Crippen molar-refractivity contribution in [2.75, 3.05) is 14.2 Å². The lowest BCUT2D eigenvalue weighted by molar-refractivity contribution is -0.142. The molecule has 1 N–H and O–H groups in total. The van der Waals surface area contributed by atoms with Gasteiger partial charge in [0.25, 0.3) is 5.91 Å². The summed E-state index contributed by atoms with van der Waals surface area (Å²) >= 11 is 0. The number of nitrogens with zero attached hydrogens (tertiary/aromatic N) is 1. The molecule has 0 bridgehead atoms. The van der Waals surface area contributed by atoms with E-state index in [1.54, 1.807) is 30.5 Å². The van der Waals surface area contributed by atoms with Crippen LogP contribution in [0.1, 0.15) is 15.9 Å². The molecule has 0 radical (unpaired) electrons. The van der Waals surface area contributed by atoms with Crippen LogP contribution in [0, 0.1) is 0 Å². The Morgan fingerprint density at radius 1 is 0.931 bits per heavy atom. The fourth-order valence-electron chi connectivity index (χ4n) is 2.91. The number of amides is 1. The smallest absolute Gasteiger partial charge is 0.328 e. The molecule has 0 saturated heterocycles. The van der Waals surface area contributed by atoms with Gasteiger partial charge in [0.05, 0.1) is 14.2 Å². The number of carbonyl (C=O) groups is 2. The largest absolute Gasteiger partial charge is 0.481 e. The molecule has 0 unspecified atom stereocenters. The third-order valence-electron chi connectivity index (χ3n) is 4.49. The predicted octanol–water partition coefficient (Wildman–Crippen LogP) is 3.27. The van der Waals surface area contributed by atoms with E-state index in [1.807, 2.05) is 42.5 Å². The number of aromatic nitrogens is 1. The van der Waals surface area contributed by atoms with Gasteiger partial charge in [-0.05, 0) is 28.8 Å². The summed E-state index contributed by atoms with van der Waals surface area (Å²) in [5.41, 5.74) is 3.32. The molecule has 1 amide bonds. The van der Waals surface area contributed by atoms with E-state index in [2.05, 4.69) is 10.3 Å². The molecule has 1 heterocycles. The lowest BCUT2D eigenvalue weighted by atomic mass is 10.0. The number of pyridine rings is 1. The van der Waals surface area contributed by atoms with E-state index < -0.39 is 12.0 Å². The fourth-order valence-corrected chi connectivity index (χ4v) is 2.91. The summed E-state index contributed by atoms with van der Waals surface area (Å²) < 4.78 is 9.88. The summed E-state index contributed by atoms with van der Waals surface area (Å²) in [5, 5.41) is 2.75. The van der Waals surface area contributed by atoms with E-state index in [4.69, 9.17) is 9.47 Å². The van der Waals surface area contributed by atoms with Gasteiger partial charge in [-0.15, -0.1) is 0 Å². The normalized spacial score (nSPS) is 11.4. The summed E-state index contributed by atoms with van der Waals surface area (Å²) in [6.07, 6.45) is 1.87. The number of carbonyl (C=O) groups excluding carboxylic acids is 2. The Morgan fingerprint density at radius 3 is 2.21 bits per heavy atom. The molecule has 148 valence electrons. The van der Waals surface area contributed by atoms with Crippen LogP contribution in [0.4, 0.5) is 0 Å². The van der Waals surface area contributed by atoms with Crippen molar-refractivity contribution in [2.45, 2.75) is 12.5 Å². The van der Waals surface area contributed by atoms with Gasteiger partial charge in [-0.25, -0.2) is 9.78 Å². The number of ether oxygens (including phenoxy) is 2. The van der Waals surface area contributed by atoms with Crippen LogP contribution in [0.3, 0.4) is 0 Å². The molecule has 0 aliphatic rings. The van der Waals surface area contributed by atoms with E-state index in [0.29, 0.717) is 11.4 Å². The molecule has 6 heteroatoms. The van der Waals surface area contributed by atoms with Gasteiger partial charge in [0.1, 0.15) is 6.04 Å². The zero-order valence-electron chi connectivity index (χ0n) is 16.3. The maximum atomic E-state index is 12.7. The Bertz CT molecular complexity index is 954. The first-order valence-electron chi connectivity index (χ1n) is 9.14. The van der Waals surface area contributed by atoms with Crippen LogP contribution in [-0.4, -0.2) is 37.1 Å². The second-order valence-electron chi connectivity index (χ2n) is 6.41. The molecule has 0 spiro atoms. The number of hydrogen-bond donors (Lipinski definition) is 1. The molecule has 0 aliphatic carbocycles. The first kappa shape index (κ1) is 20.1. The maximum Gasteiger partial charge on any atom is 0.328 e. The van der Waals surface area contributed by atoms with Gasteiger partial charge in [0, 0.05) is 24.2 Å². The van der Waals surface area contributed by atoms with Crippen molar-refractivity contribution in [1.82, 2.24) is 10.3 Å². The molecule has 0 fully saturated rings. The minimum atomic E-state index is -0.823. The lowest BCUT2D eigenvalue weighted by Crippen LogP contribution is -2.43. The monoisotopic (exact) mass is 390 g/mol. The molecular weight excluding hydrogens is 368 g/mol. The van der Waals surface area contributed by atoms with Crippen molar-refractivity contribution in [3.05, 3.63) is 84.1 Å². The van der Waals surface area contributed by atoms with Crippen molar-refractivity contribution in [1.29, 1.82) is 0 Å². The molecular formula is C23H22N2O4. The number of benzene rings is 2. The van der Waals surface area contributed by atoms with E-state index in [9.17, 15) is 9.59 Å². The van der Waals surface area contributed by atoms with Gasteiger partial charge >= 0.3 is 5.97 Å². The Morgan fingerprint density at radius 2 is 1.62 bits per heavy atom. The summed E-state index contributed by atoms with van der Waals surface area (Å²) in [5.74, 6) is -0.387. The first-order valence-corrected chi connectivity index (χ1v) is 9.14. The number of nitrogens with one attached hydrogen (secondary N) is 1. The van der Waals surface area contributed by atoms with E-state index in [0.717, 1.165) is 16.7 Å². The molecule has 6 nitrogen and oxygen atoms in total. The Labute approximate surface area is 169 Å². The third kappa shape index (κ3) is 5.19. The average Bonchev–Trinajstić information content (AvgIpc) is 2.79. The zero-order valence-corrected chi connectivity index (χ0v) is 16.3. The number of rotatable bonds is 7. The fraction of sp³-hybridized carbons (Fsp3) is 0.174. The Kier molecular flexibility index (Phi) is 6.58. The standard InChI is InChI=1S/C23H22N2O4/c1-28-21-13-8-16(15-24-21)14-20(23(27)29-2)25-22(26)19-11-9-18(10-12-19)17-6-4-3-5-7-17/h3-13,15,20H,14H2,1-2H3,(H,25,26)/t20-/m1/s1. The summed E-state index contributed by atoms with van der Waals surface area (Å²) in [6, 6.07) is 19.8. The van der Waals surface area contributed by atoms with Gasteiger partial charge in [-0.2, -0.15) is 0 Å². The summed E-state index contributed by atoms with van der Waals surface area (Å²) in [4.78, 5) is 28.9. The SMILES string of the molecule is COC(=O)[C@@H](Cc1ccc(OC)nc1)NC(=O)c1ccc(-c2ccccc2)cc1. The highest BCUT2D eigenvalue weighted by molar-refractivity contribution is 5.97. The lowest BCUT2D eigenvalue weighted by Gasteiger charge is -2.17. The highest BCUT2D eigenvalue weighted by Gasteiger charge is 2.23. The minimum absolute atomic E-state index is 0.261. The van der Waals surface area contributed by atoms with Gasteiger partial charge in [-0.3, -0.25) is 4.79 Å². The summed E-state index contributed by atoms with van der Waals surface area (Å²) in [7, 11) is 2.82. The van der Waals surface area contributed by atoms with Crippen molar-refractivity contribution >= 4 is 11.9 Å². The van der Waals surface area contributed by atoms with Gasteiger partial charge < -0.3 is 14.8 Å². The number of methoxy groups -OCH3 is 2. The molecule has 3 rings (SSSR count). The van der Waals surface area contributed by atoms with E-state index in [-0.39, 0.29) is 12.3 Å². The van der Waals surface area contributed by atoms with Crippen molar-refractivity contribution in [2.24, 2.45) is 0 Å². The van der Waals surface area contributed by atoms with Crippen LogP contribution in [-0.2, 0) is 16.0 Å². The maximum absolute atomic E-state index is 12.7. The number of hydrogen-bond acceptors (Lipinski definition) is 5. The highest BCUT2D eigenvalue weighted by Crippen LogP contribution is 2.19. The van der Waals surface area contributed by atoms with Crippen LogP contribution in [0.2, 0.25) is 0 Å². The number of esters is 1. The van der Waals surface area contributed by atoms with Gasteiger partial charge in [0.15, 0.2) is 0 Å². The van der Waals surface area contributed by atoms with Crippen molar-refractivity contribution in [3.63, 3.8) is 0 Å². The Balaban J connectivity index is 1.71. The van der Waals surface area contributed by atoms with Crippen LogP contribution in [0.15, 0.2) is 72.9 Å². The molecule has 29 heavy (non-hydrogen) atoms. The third-order valence-corrected chi connectivity index (χ3v) is 4.49.